The van der Waals surface area contributed by atoms with Crippen LogP contribution in [0.5, 0.6) is 0 Å². The molecule has 310 valence electrons. The van der Waals surface area contributed by atoms with Crippen molar-refractivity contribution in [3.05, 3.63) is 270 Å². The van der Waals surface area contributed by atoms with Gasteiger partial charge in [-0.1, -0.05) is 188 Å². The van der Waals surface area contributed by atoms with E-state index in [1.807, 2.05) is 0 Å². The summed E-state index contributed by atoms with van der Waals surface area (Å²) in [5.41, 5.74) is 22.6. The lowest BCUT2D eigenvalue weighted by Crippen LogP contribution is -1.95. The van der Waals surface area contributed by atoms with Crippen LogP contribution in [0.25, 0.3) is 72.4 Å². The average Bonchev–Trinajstić information content (AvgIpc) is 3.80. The number of allylic oxidation sites excluding steroid dienone is 16. The van der Waals surface area contributed by atoms with E-state index in [9.17, 15) is 5.26 Å². The van der Waals surface area contributed by atoms with Crippen molar-refractivity contribution < 1.29 is 0 Å². The van der Waals surface area contributed by atoms with Gasteiger partial charge in [0.2, 0.25) is 0 Å². The number of rotatable bonds is 9. The van der Waals surface area contributed by atoms with Crippen LogP contribution in [0.4, 0.5) is 0 Å². The average molecular weight is 832 g/mol. The molecule has 0 bridgehead atoms. The van der Waals surface area contributed by atoms with E-state index in [2.05, 4.69) is 244 Å². The highest BCUT2D eigenvalue weighted by Gasteiger charge is 2.19. The smallest absolute Gasteiger partial charge is 0.100 e. The third-order valence-corrected chi connectivity index (χ3v) is 12.8. The second kappa shape index (κ2) is 18.7. The Morgan fingerprint density at radius 1 is 0.415 bits per heavy atom. The van der Waals surface area contributed by atoms with Crippen LogP contribution >= 0.6 is 0 Å². The minimum absolute atomic E-state index is 0.682. The molecule has 3 aliphatic rings. The summed E-state index contributed by atoms with van der Waals surface area (Å²) in [6.07, 6.45) is 28.2. The maximum absolute atomic E-state index is 10.8. The van der Waals surface area contributed by atoms with Crippen LogP contribution in [-0.2, 0) is 0 Å². The van der Waals surface area contributed by atoms with Crippen molar-refractivity contribution in [1.29, 1.82) is 5.26 Å². The van der Waals surface area contributed by atoms with Crippen LogP contribution in [0.3, 0.4) is 0 Å². The quantitative estimate of drug-likeness (QED) is 0.142. The van der Waals surface area contributed by atoms with Gasteiger partial charge in [-0.3, -0.25) is 0 Å². The molecule has 0 radical (unpaired) electrons. The monoisotopic (exact) mass is 831 g/mol. The molecule has 7 aromatic carbocycles. The summed E-state index contributed by atoms with van der Waals surface area (Å²) in [6.45, 7) is 2.26. The standard InChI is InChI=1S/C64H49N/c1-45-60(49-26-16-7-17-27-49)30-18-31-61(45)59-42-56(41-58(43-59)57-39-54(47-22-12-5-13-23-47)38-55(40-57)48-24-14-6-15-25-48)51-34-35-52(37-53(36-51)46-20-10-4-11-21-46)63-33-19-32-62(64(63)44-65)50-28-8-2-3-9-29-50/h2,4-5,7-14,16-33,35-43H,3,6,15,34H2,1H3. The lowest BCUT2D eigenvalue weighted by atomic mass is 9.86. The summed E-state index contributed by atoms with van der Waals surface area (Å²) in [5.74, 6) is 0. The van der Waals surface area contributed by atoms with Gasteiger partial charge in [-0.15, -0.1) is 0 Å². The molecular formula is C64H49N. The topological polar surface area (TPSA) is 23.8 Å². The SMILES string of the molecule is Cc1c(-c2ccccc2)cccc1-c1cc(C2=CC(c3ccccc3)=CC(c3cccc(C4=CC=CCC=C4)c3C#N)=CC2)cc(-c2cc(C3=CCCC=C3)cc(-c3ccccc3)c2)c1. The van der Waals surface area contributed by atoms with E-state index in [-0.39, 0.29) is 0 Å². The number of hydrogen-bond donors (Lipinski definition) is 0. The van der Waals surface area contributed by atoms with E-state index >= 15 is 0 Å². The first kappa shape index (κ1) is 41.0. The molecule has 0 atom stereocenters. The van der Waals surface area contributed by atoms with E-state index in [1.54, 1.807) is 0 Å². The van der Waals surface area contributed by atoms with E-state index < -0.39 is 0 Å². The predicted octanol–water partition coefficient (Wildman–Crippen LogP) is 17.1. The Balaban J connectivity index is 1.17. The van der Waals surface area contributed by atoms with Crippen LogP contribution in [0.2, 0.25) is 0 Å². The molecule has 0 fully saturated rings. The number of hydrogen-bond acceptors (Lipinski definition) is 1. The van der Waals surface area contributed by atoms with Gasteiger partial charge in [0.15, 0.2) is 0 Å². The molecule has 0 heterocycles. The summed E-state index contributed by atoms with van der Waals surface area (Å²) < 4.78 is 0. The molecule has 0 amide bonds. The molecule has 0 aromatic heterocycles. The van der Waals surface area contributed by atoms with Crippen molar-refractivity contribution in [2.75, 3.05) is 0 Å². The lowest BCUT2D eigenvalue weighted by molar-refractivity contribution is 1.04. The lowest BCUT2D eigenvalue weighted by Gasteiger charge is -2.18. The zero-order valence-electron chi connectivity index (χ0n) is 36.7. The van der Waals surface area contributed by atoms with E-state index in [4.69, 9.17) is 0 Å². The Labute approximate surface area is 384 Å². The summed E-state index contributed by atoms with van der Waals surface area (Å²) in [5, 5.41) is 10.8. The third kappa shape index (κ3) is 8.81. The van der Waals surface area contributed by atoms with E-state index in [0.717, 1.165) is 52.7 Å². The zero-order valence-corrected chi connectivity index (χ0v) is 36.7. The van der Waals surface area contributed by atoms with E-state index in [0.29, 0.717) is 12.0 Å². The van der Waals surface area contributed by atoms with Gasteiger partial charge in [-0.25, -0.2) is 0 Å². The number of nitrogens with zero attached hydrogens (tertiary/aromatic N) is 1. The Morgan fingerprint density at radius 2 is 0.985 bits per heavy atom. The van der Waals surface area contributed by atoms with Crippen molar-refractivity contribution in [2.24, 2.45) is 0 Å². The Morgan fingerprint density at radius 3 is 1.68 bits per heavy atom. The minimum Gasteiger partial charge on any atom is -0.192 e. The van der Waals surface area contributed by atoms with Crippen LogP contribution in [0, 0.1) is 18.3 Å². The third-order valence-electron chi connectivity index (χ3n) is 12.8. The summed E-state index contributed by atoms with van der Waals surface area (Å²) in [6, 6.07) is 62.0. The first-order valence-electron chi connectivity index (χ1n) is 22.7. The van der Waals surface area contributed by atoms with Gasteiger partial charge in [0.25, 0.3) is 0 Å². The first-order valence-corrected chi connectivity index (χ1v) is 22.7. The van der Waals surface area contributed by atoms with Crippen molar-refractivity contribution in [2.45, 2.75) is 32.6 Å². The summed E-state index contributed by atoms with van der Waals surface area (Å²) in [7, 11) is 0. The Bertz CT molecular complexity index is 3230. The zero-order chi connectivity index (χ0) is 44.0. The van der Waals surface area contributed by atoms with Crippen molar-refractivity contribution in [1.82, 2.24) is 0 Å². The van der Waals surface area contributed by atoms with Crippen molar-refractivity contribution in [3.8, 4) is 50.6 Å². The first-order chi connectivity index (χ1) is 32.1. The molecule has 1 heteroatoms. The predicted molar refractivity (Wildman–Crippen MR) is 276 cm³/mol. The van der Waals surface area contributed by atoms with Crippen molar-refractivity contribution >= 4 is 27.9 Å². The highest BCUT2D eigenvalue weighted by atomic mass is 14.3. The van der Waals surface area contributed by atoms with Gasteiger partial charge in [0.05, 0.1) is 5.56 Å². The number of benzene rings is 7. The highest BCUT2D eigenvalue weighted by molar-refractivity contribution is 5.97. The maximum atomic E-state index is 10.8. The molecular weight excluding hydrogens is 783 g/mol. The fraction of sp³-hybridized carbons (Fsp3) is 0.0781. The molecule has 3 aliphatic carbocycles. The molecule has 0 aliphatic heterocycles. The molecule has 0 saturated heterocycles. The number of nitriles is 1. The summed E-state index contributed by atoms with van der Waals surface area (Å²) in [4.78, 5) is 0. The summed E-state index contributed by atoms with van der Waals surface area (Å²) >= 11 is 0. The second-order valence-corrected chi connectivity index (χ2v) is 17.0. The van der Waals surface area contributed by atoms with E-state index in [1.165, 1.54) is 72.3 Å². The molecule has 7 aromatic rings. The largest absolute Gasteiger partial charge is 0.192 e. The minimum atomic E-state index is 0.682. The molecule has 65 heavy (non-hydrogen) atoms. The highest BCUT2D eigenvalue weighted by Crippen LogP contribution is 2.41. The fourth-order valence-electron chi connectivity index (χ4n) is 9.43. The molecule has 0 saturated carbocycles. The van der Waals surface area contributed by atoms with Crippen LogP contribution < -0.4 is 0 Å². The van der Waals surface area contributed by atoms with Gasteiger partial charge in [-0.2, -0.15) is 5.26 Å². The van der Waals surface area contributed by atoms with Crippen LogP contribution in [0.1, 0.15) is 64.6 Å². The van der Waals surface area contributed by atoms with Gasteiger partial charge in [-0.05, 0) is 175 Å². The van der Waals surface area contributed by atoms with Gasteiger partial charge >= 0.3 is 0 Å². The molecule has 10 rings (SSSR count). The van der Waals surface area contributed by atoms with Gasteiger partial charge < -0.3 is 0 Å². The normalized spacial score (nSPS) is 14.6. The van der Waals surface area contributed by atoms with Crippen molar-refractivity contribution in [3.63, 3.8) is 0 Å². The second-order valence-electron chi connectivity index (χ2n) is 17.0. The van der Waals surface area contributed by atoms with Crippen LogP contribution in [-0.4, -0.2) is 0 Å². The molecule has 0 N–H and O–H groups in total. The fourth-order valence-corrected chi connectivity index (χ4v) is 9.43. The van der Waals surface area contributed by atoms with Gasteiger partial charge in [0, 0.05) is 5.56 Å². The molecule has 1 nitrogen and oxygen atoms in total. The van der Waals surface area contributed by atoms with Gasteiger partial charge in [0.1, 0.15) is 6.07 Å². The molecule has 0 unspecified atom stereocenters. The van der Waals surface area contributed by atoms with Crippen LogP contribution in [0.15, 0.2) is 231 Å². The Hall–Kier alpha value is -8.05. The Kier molecular flexibility index (Phi) is 11.8. The molecule has 0 spiro atoms. The maximum Gasteiger partial charge on any atom is 0.100 e.